The van der Waals surface area contributed by atoms with E-state index < -0.39 is 9.05 Å². The molecule has 102 valence electrons. The summed E-state index contributed by atoms with van der Waals surface area (Å²) in [5.41, 5.74) is 0.327. The molecule has 2 rings (SSSR count). The third kappa shape index (κ3) is 2.88. The van der Waals surface area contributed by atoms with Gasteiger partial charge in [-0.1, -0.05) is 24.9 Å². The van der Waals surface area contributed by atoms with E-state index in [1.54, 1.807) is 12.1 Å². The van der Waals surface area contributed by atoms with E-state index in [0.717, 1.165) is 0 Å². The molecule has 0 bridgehead atoms. The quantitative estimate of drug-likeness (QED) is 0.807. The first-order valence-corrected chi connectivity index (χ1v) is 8.14. The van der Waals surface area contributed by atoms with Gasteiger partial charge in [0.2, 0.25) is 0 Å². The number of nitrogens with zero attached hydrogens (tertiary/aromatic N) is 4. The zero-order valence-corrected chi connectivity index (χ0v) is 12.2. The number of aromatic nitrogens is 4. The maximum Gasteiger partial charge on any atom is 0.266 e. The molecule has 0 amide bonds. The van der Waals surface area contributed by atoms with Crippen LogP contribution < -0.4 is 0 Å². The highest BCUT2D eigenvalue weighted by atomic mass is 35.7. The third-order valence-corrected chi connectivity index (χ3v) is 4.20. The monoisotopic (exact) mass is 320 g/mol. The van der Waals surface area contributed by atoms with Crippen LogP contribution in [0, 0.1) is 0 Å². The summed E-state index contributed by atoms with van der Waals surface area (Å²) in [6.07, 6.45) is 2.66. The number of halogens is 2. The lowest BCUT2D eigenvalue weighted by Gasteiger charge is -1.99. The normalized spacial score (nSPS) is 11.7. The Morgan fingerprint density at radius 3 is 2.68 bits per heavy atom. The minimum Gasteiger partial charge on any atom is -0.207 e. The number of hydrogen-bond acceptors (Lipinski definition) is 5. The van der Waals surface area contributed by atoms with Gasteiger partial charge in [-0.25, -0.2) is 13.1 Å². The van der Waals surface area contributed by atoms with Crippen molar-refractivity contribution in [3.63, 3.8) is 0 Å². The molecule has 0 aliphatic heterocycles. The molecule has 6 nitrogen and oxygen atoms in total. The van der Waals surface area contributed by atoms with Gasteiger partial charge < -0.3 is 0 Å². The Bertz CT molecular complexity index is 685. The molecule has 0 saturated carbocycles. The predicted molar refractivity (Wildman–Crippen MR) is 71.2 cm³/mol. The summed E-state index contributed by atoms with van der Waals surface area (Å²) in [5, 5.41) is 11.6. The van der Waals surface area contributed by atoms with Crippen LogP contribution >= 0.6 is 22.3 Å². The van der Waals surface area contributed by atoms with Crippen LogP contribution in [0.1, 0.15) is 19.0 Å². The van der Waals surface area contributed by atoms with Gasteiger partial charge in [0.05, 0.1) is 5.69 Å². The minimum absolute atomic E-state index is 0.0843. The molecule has 0 saturated heterocycles. The molecule has 2 aromatic heterocycles. The fourth-order valence-corrected chi connectivity index (χ4v) is 3.48. The molecule has 0 N–H and O–H groups in total. The van der Waals surface area contributed by atoms with Crippen molar-refractivity contribution in [3.8, 4) is 5.82 Å². The first-order chi connectivity index (χ1) is 8.95. The fourth-order valence-electron chi connectivity index (χ4n) is 1.63. The van der Waals surface area contributed by atoms with Crippen LogP contribution in [-0.2, 0) is 15.5 Å². The van der Waals surface area contributed by atoms with Crippen molar-refractivity contribution >= 4 is 31.3 Å². The van der Waals surface area contributed by atoms with E-state index in [4.69, 9.17) is 22.3 Å². The van der Waals surface area contributed by atoms with E-state index in [9.17, 15) is 8.42 Å². The second-order valence-corrected chi connectivity index (χ2v) is 6.61. The van der Waals surface area contributed by atoms with Crippen molar-refractivity contribution in [2.45, 2.75) is 24.7 Å². The maximum absolute atomic E-state index is 11.6. The maximum atomic E-state index is 11.6. The van der Waals surface area contributed by atoms with Gasteiger partial charge in [0, 0.05) is 16.9 Å². The highest BCUT2D eigenvalue weighted by Crippen LogP contribution is 2.30. The summed E-state index contributed by atoms with van der Waals surface area (Å²) in [6, 6.07) is 3.26. The average Bonchev–Trinajstić information content (AvgIpc) is 2.67. The lowest BCUT2D eigenvalue weighted by atomic mass is 10.2. The average molecular weight is 321 g/mol. The topological polar surface area (TPSA) is 77.7 Å². The molecule has 2 aromatic rings. The standard InChI is InChI=1S/C10H10Cl2N4O2S/c1-2-4-7-9(19(12,17)18)10(11)16(15-7)8-5-3-6-13-14-8/h3,5-6H,2,4H2,1H3. The molecule has 0 radical (unpaired) electrons. The van der Waals surface area contributed by atoms with Gasteiger partial charge in [0.15, 0.2) is 11.0 Å². The summed E-state index contributed by atoms with van der Waals surface area (Å²) in [5.74, 6) is 0.330. The second-order valence-electron chi connectivity index (χ2n) is 3.75. The Hall–Kier alpha value is -1.18. The van der Waals surface area contributed by atoms with E-state index in [1.165, 1.54) is 10.9 Å². The van der Waals surface area contributed by atoms with Crippen LogP contribution in [0.2, 0.25) is 5.15 Å². The van der Waals surface area contributed by atoms with Crippen molar-refractivity contribution in [2.24, 2.45) is 0 Å². The molecule has 0 aliphatic carbocycles. The number of rotatable bonds is 4. The molecule has 0 atom stereocenters. The van der Waals surface area contributed by atoms with Crippen LogP contribution in [0.3, 0.4) is 0 Å². The molecule has 9 heteroatoms. The van der Waals surface area contributed by atoms with Crippen molar-refractivity contribution < 1.29 is 8.42 Å². The van der Waals surface area contributed by atoms with Crippen molar-refractivity contribution in [2.75, 3.05) is 0 Å². The molecule has 0 aliphatic rings. The Morgan fingerprint density at radius 2 is 2.16 bits per heavy atom. The van der Waals surface area contributed by atoms with E-state index >= 15 is 0 Å². The van der Waals surface area contributed by atoms with Crippen LogP contribution in [0.15, 0.2) is 23.2 Å². The second kappa shape index (κ2) is 5.44. The largest absolute Gasteiger partial charge is 0.266 e. The number of aryl methyl sites for hydroxylation is 1. The number of hydrogen-bond donors (Lipinski definition) is 0. The van der Waals surface area contributed by atoms with Gasteiger partial charge in [0.1, 0.15) is 4.90 Å². The van der Waals surface area contributed by atoms with Crippen molar-refractivity contribution in [3.05, 3.63) is 29.2 Å². The molecular weight excluding hydrogens is 311 g/mol. The summed E-state index contributed by atoms with van der Waals surface area (Å²) >= 11 is 6.05. The molecule has 0 aromatic carbocycles. The Morgan fingerprint density at radius 1 is 1.42 bits per heavy atom. The Balaban J connectivity index is 2.66. The molecule has 2 heterocycles. The van der Waals surface area contributed by atoms with E-state index in [0.29, 0.717) is 24.4 Å². The van der Waals surface area contributed by atoms with Gasteiger partial charge in [-0.2, -0.15) is 10.2 Å². The van der Waals surface area contributed by atoms with Crippen molar-refractivity contribution in [1.82, 2.24) is 20.0 Å². The Kier molecular flexibility index (Phi) is 4.07. The summed E-state index contributed by atoms with van der Waals surface area (Å²) in [7, 11) is 1.44. The van der Waals surface area contributed by atoms with Gasteiger partial charge in [-0.15, -0.1) is 5.10 Å². The Labute approximate surface area is 119 Å². The summed E-state index contributed by atoms with van der Waals surface area (Å²) in [4.78, 5) is -0.164. The van der Waals surface area contributed by atoms with Crippen LogP contribution in [0.4, 0.5) is 0 Å². The molecular formula is C10H10Cl2N4O2S. The van der Waals surface area contributed by atoms with Crippen LogP contribution in [0.25, 0.3) is 5.82 Å². The molecule has 19 heavy (non-hydrogen) atoms. The fraction of sp³-hybridized carbons (Fsp3) is 0.300. The minimum atomic E-state index is -3.96. The van der Waals surface area contributed by atoms with E-state index in [-0.39, 0.29) is 10.0 Å². The van der Waals surface area contributed by atoms with E-state index in [1.807, 2.05) is 6.92 Å². The summed E-state index contributed by atoms with van der Waals surface area (Å²) in [6.45, 7) is 1.90. The van der Waals surface area contributed by atoms with Crippen LogP contribution in [0.5, 0.6) is 0 Å². The van der Waals surface area contributed by atoms with Gasteiger partial charge in [0.25, 0.3) is 9.05 Å². The molecule has 0 spiro atoms. The van der Waals surface area contributed by atoms with E-state index in [2.05, 4.69) is 15.3 Å². The molecule has 0 unspecified atom stereocenters. The molecule has 0 fully saturated rings. The smallest absolute Gasteiger partial charge is 0.207 e. The third-order valence-electron chi connectivity index (χ3n) is 2.36. The van der Waals surface area contributed by atoms with Crippen molar-refractivity contribution in [1.29, 1.82) is 0 Å². The van der Waals surface area contributed by atoms with Gasteiger partial charge in [-0.3, -0.25) is 0 Å². The zero-order chi connectivity index (χ0) is 14.0. The zero-order valence-electron chi connectivity index (χ0n) is 9.92. The van der Waals surface area contributed by atoms with Gasteiger partial charge in [-0.05, 0) is 18.6 Å². The SMILES string of the molecule is CCCc1nn(-c2cccnn2)c(Cl)c1S(=O)(=O)Cl. The first kappa shape index (κ1) is 14.2. The predicted octanol–water partition coefficient (Wildman–Crippen LogP) is 2.20. The highest BCUT2D eigenvalue weighted by molar-refractivity contribution is 8.13. The van der Waals surface area contributed by atoms with Gasteiger partial charge >= 0.3 is 0 Å². The van der Waals surface area contributed by atoms with Crippen LogP contribution in [-0.4, -0.2) is 28.4 Å². The summed E-state index contributed by atoms with van der Waals surface area (Å²) < 4.78 is 24.4. The lowest BCUT2D eigenvalue weighted by molar-refractivity contribution is 0.608. The highest BCUT2D eigenvalue weighted by Gasteiger charge is 2.26. The first-order valence-electron chi connectivity index (χ1n) is 5.45. The lowest BCUT2D eigenvalue weighted by Crippen LogP contribution is -2.01.